The molecule has 13 heavy (non-hydrogen) atoms. The fourth-order valence-corrected chi connectivity index (χ4v) is 0.982. The first kappa shape index (κ1) is 11.9. The minimum Gasteiger partial charge on any atom is -0.466 e. The van der Waals surface area contributed by atoms with E-state index in [4.69, 9.17) is 10.1 Å². The average Bonchev–Trinajstić information content (AvgIpc) is 2.14. The molecule has 0 rings (SSSR count). The Labute approximate surface area is 79.3 Å². The summed E-state index contributed by atoms with van der Waals surface area (Å²) in [5.41, 5.74) is 0.862. The molecule has 0 saturated carbocycles. The number of carbonyl (C=O) groups excluding carboxylic acids is 1. The van der Waals surface area contributed by atoms with E-state index in [1.807, 2.05) is 19.9 Å². The van der Waals surface area contributed by atoms with E-state index in [0.29, 0.717) is 13.0 Å². The molecule has 1 unspecified atom stereocenters. The number of hydrogen-bond acceptors (Lipinski definition) is 3. The number of hydrogen-bond donors (Lipinski definition) is 1. The van der Waals surface area contributed by atoms with Crippen LogP contribution in [0.1, 0.15) is 27.2 Å². The number of ether oxygens (including phenoxy) is 1. The van der Waals surface area contributed by atoms with Gasteiger partial charge in [-0.2, -0.15) is 0 Å². The van der Waals surface area contributed by atoms with E-state index in [1.165, 1.54) is 6.21 Å². The molecule has 0 saturated heterocycles. The van der Waals surface area contributed by atoms with Crippen molar-refractivity contribution < 1.29 is 9.53 Å². The highest BCUT2D eigenvalue weighted by atomic mass is 16.5. The van der Waals surface area contributed by atoms with Gasteiger partial charge < -0.3 is 10.1 Å². The minimum atomic E-state index is -0.191. The van der Waals surface area contributed by atoms with E-state index in [0.717, 1.165) is 5.57 Å². The molecule has 3 nitrogen and oxygen atoms in total. The van der Waals surface area contributed by atoms with Gasteiger partial charge in [-0.25, -0.2) is 0 Å². The van der Waals surface area contributed by atoms with Crippen molar-refractivity contribution in [2.24, 2.45) is 5.92 Å². The van der Waals surface area contributed by atoms with Crippen LogP contribution in [0.5, 0.6) is 0 Å². The molecule has 0 aromatic carbocycles. The summed E-state index contributed by atoms with van der Waals surface area (Å²) in [6.07, 6.45) is 3.69. The molecule has 0 aromatic heterocycles. The van der Waals surface area contributed by atoms with Crippen molar-refractivity contribution >= 4 is 12.2 Å². The molecule has 0 heterocycles. The largest absolute Gasteiger partial charge is 0.466 e. The van der Waals surface area contributed by atoms with Crippen LogP contribution in [-0.2, 0) is 9.53 Å². The van der Waals surface area contributed by atoms with Crippen molar-refractivity contribution in [2.75, 3.05) is 6.61 Å². The normalized spacial score (nSPS) is 13.6. The predicted octanol–water partition coefficient (Wildman–Crippen LogP) is 2.17. The second-order valence-corrected chi connectivity index (χ2v) is 2.87. The highest BCUT2D eigenvalue weighted by Crippen LogP contribution is 2.11. The lowest BCUT2D eigenvalue weighted by Gasteiger charge is -2.09. The van der Waals surface area contributed by atoms with Gasteiger partial charge in [-0.3, -0.25) is 4.79 Å². The highest BCUT2D eigenvalue weighted by molar-refractivity contribution is 5.79. The Bertz CT molecular complexity index is 209. The third-order valence-electron chi connectivity index (χ3n) is 1.79. The van der Waals surface area contributed by atoms with E-state index in [1.54, 1.807) is 6.92 Å². The second kappa shape index (κ2) is 6.40. The van der Waals surface area contributed by atoms with Gasteiger partial charge in [0, 0.05) is 6.21 Å². The zero-order chi connectivity index (χ0) is 10.3. The lowest BCUT2D eigenvalue weighted by molar-refractivity contribution is -0.147. The summed E-state index contributed by atoms with van der Waals surface area (Å²) >= 11 is 0. The van der Waals surface area contributed by atoms with Crippen LogP contribution in [-0.4, -0.2) is 18.8 Å². The molecule has 0 aliphatic rings. The molecule has 0 fully saturated rings. The van der Waals surface area contributed by atoms with Crippen LogP contribution in [0, 0.1) is 11.3 Å². The topological polar surface area (TPSA) is 50.2 Å². The van der Waals surface area contributed by atoms with Gasteiger partial charge in [0.05, 0.1) is 12.5 Å². The Kier molecular flexibility index (Phi) is 5.85. The van der Waals surface area contributed by atoms with Crippen molar-refractivity contribution in [3.63, 3.8) is 0 Å². The van der Waals surface area contributed by atoms with Gasteiger partial charge in [-0.15, -0.1) is 0 Å². The molecular formula is C10H17NO2. The standard InChI is InChI=1S/C10H17NO2/c1-4-9(7-11)6-8(3)10(12)13-5-2/h4,7-8,11H,5-6H2,1-3H3/b9-4+,11-7?. The summed E-state index contributed by atoms with van der Waals surface area (Å²) in [7, 11) is 0. The maximum atomic E-state index is 11.2. The summed E-state index contributed by atoms with van der Waals surface area (Å²) < 4.78 is 4.85. The Morgan fingerprint density at radius 3 is 2.62 bits per heavy atom. The first-order valence-corrected chi connectivity index (χ1v) is 4.48. The number of carbonyl (C=O) groups is 1. The zero-order valence-corrected chi connectivity index (χ0v) is 8.46. The van der Waals surface area contributed by atoms with Gasteiger partial charge >= 0.3 is 5.97 Å². The van der Waals surface area contributed by atoms with Crippen LogP contribution in [0.2, 0.25) is 0 Å². The molecule has 1 N–H and O–H groups in total. The summed E-state index contributed by atoms with van der Waals surface area (Å²) in [4.78, 5) is 11.2. The fourth-order valence-electron chi connectivity index (χ4n) is 0.982. The average molecular weight is 183 g/mol. The van der Waals surface area contributed by atoms with Crippen LogP contribution >= 0.6 is 0 Å². The van der Waals surface area contributed by atoms with Gasteiger partial charge in [-0.05, 0) is 25.8 Å². The highest BCUT2D eigenvalue weighted by Gasteiger charge is 2.14. The predicted molar refractivity (Wildman–Crippen MR) is 53.0 cm³/mol. The number of allylic oxidation sites excluding steroid dienone is 2. The number of rotatable bonds is 5. The van der Waals surface area contributed by atoms with Crippen molar-refractivity contribution in [2.45, 2.75) is 27.2 Å². The van der Waals surface area contributed by atoms with Crippen molar-refractivity contribution in [1.29, 1.82) is 5.41 Å². The lowest BCUT2D eigenvalue weighted by Crippen LogP contribution is -2.15. The molecule has 1 atom stereocenters. The SMILES string of the molecule is C/C=C(/C=N)CC(C)C(=O)OCC. The van der Waals surface area contributed by atoms with Crippen LogP contribution < -0.4 is 0 Å². The monoisotopic (exact) mass is 183 g/mol. The number of nitrogens with one attached hydrogen (secondary N) is 1. The maximum Gasteiger partial charge on any atom is 0.308 e. The molecule has 3 heteroatoms. The van der Waals surface area contributed by atoms with Crippen LogP contribution in [0.4, 0.5) is 0 Å². The molecule has 0 aromatic rings. The summed E-state index contributed by atoms with van der Waals surface area (Å²) in [5, 5.41) is 7.05. The zero-order valence-electron chi connectivity index (χ0n) is 8.46. The second-order valence-electron chi connectivity index (χ2n) is 2.87. The smallest absolute Gasteiger partial charge is 0.308 e. The quantitative estimate of drug-likeness (QED) is 0.524. The molecular weight excluding hydrogens is 166 g/mol. The Balaban J connectivity index is 4.05. The molecule has 0 amide bonds. The van der Waals surface area contributed by atoms with Crippen LogP contribution in [0.25, 0.3) is 0 Å². The third kappa shape index (κ3) is 4.45. The van der Waals surface area contributed by atoms with Crippen molar-refractivity contribution in [3.8, 4) is 0 Å². The summed E-state index contributed by atoms with van der Waals surface area (Å²) in [5.74, 6) is -0.351. The Hall–Kier alpha value is -1.12. The first-order chi connectivity index (χ1) is 6.15. The Morgan fingerprint density at radius 2 is 2.23 bits per heavy atom. The Morgan fingerprint density at radius 1 is 1.62 bits per heavy atom. The molecule has 0 spiro atoms. The van der Waals surface area contributed by atoms with Crippen molar-refractivity contribution in [3.05, 3.63) is 11.6 Å². The van der Waals surface area contributed by atoms with Crippen LogP contribution in [0.3, 0.4) is 0 Å². The maximum absolute atomic E-state index is 11.2. The number of esters is 1. The van der Waals surface area contributed by atoms with Gasteiger partial charge in [0.15, 0.2) is 0 Å². The van der Waals surface area contributed by atoms with E-state index in [9.17, 15) is 4.79 Å². The van der Waals surface area contributed by atoms with Crippen molar-refractivity contribution in [1.82, 2.24) is 0 Å². The van der Waals surface area contributed by atoms with E-state index < -0.39 is 0 Å². The fraction of sp³-hybridized carbons (Fsp3) is 0.600. The van der Waals surface area contributed by atoms with Gasteiger partial charge in [0.2, 0.25) is 0 Å². The minimum absolute atomic E-state index is 0.159. The summed E-state index contributed by atoms with van der Waals surface area (Å²) in [6.45, 7) is 5.87. The molecule has 0 aliphatic carbocycles. The first-order valence-electron chi connectivity index (χ1n) is 4.48. The van der Waals surface area contributed by atoms with E-state index >= 15 is 0 Å². The van der Waals surface area contributed by atoms with Crippen LogP contribution in [0.15, 0.2) is 11.6 Å². The summed E-state index contributed by atoms with van der Waals surface area (Å²) in [6, 6.07) is 0. The van der Waals surface area contributed by atoms with Gasteiger partial charge in [-0.1, -0.05) is 13.0 Å². The van der Waals surface area contributed by atoms with Gasteiger partial charge in [0.1, 0.15) is 0 Å². The van der Waals surface area contributed by atoms with E-state index in [2.05, 4.69) is 0 Å². The van der Waals surface area contributed by atoms with Gasteiger partial charge in [0.25, 0.3) is 0 Å². The molecule has 0 bridgehead atoms. The van der Waals surface area contributed by atoms with E-state index in [-0.39, 0.29) is 11.9 Å². The third-order valence-corrected chi connectivity index (χ3v) is 1.79. The molecule has 0 aliphatic heterocycles. The molecule has 0 radical (unpaired) electrons. The molecule has 74 valence electrons. The lowest BCUT2D eigenvalue weighted by atomic mass is 10.0.